The number of benzene rings is 1. The van der Waals surface area contributed by atoms with Crippen LogP contribution in [0.2, 0.25) is 0 Å². The van der Waals surface area contributed by atoms with Gasteiger partial charge in [0.05, 0.1) is 5.69 Å². The second kappa shape index (κ2) is 6.14. The molecule has 0 N–H and O–H groups in total. The quantitative estimate of drug-likeness (QED) is 0.607. The molecule has 11 heteroatoms. The van der Waals surface area contributed by atoms with Crippen molar-refractivity contribution in [3.05, 3.63) is 34.7 Å². The van der Waals surface area contributed by atoms with Gasteiger partial charge >= 0.3 is 18.6 Å². The molecule has 1 heterocycles. The first kappa shape index (κ1) is 17.8. The van der Waals surface area contributed by atoms with Crippen LogP contribution in [-0.4, -0.2) is 38.3 Å². The highest BCUT2D eigenvalue weighted by Gasteiger charge is 2.26. The van der Waals surface area contributed by atoms with Gasteiger partial charge in [0.25, 0.3) is 0 Å². The zero-order chi connectivity index (χ0) is 18.1. The van der Waals surface area contributed by atoms with Crippen molar-refractivity contribution in [2.75, 3.05) is 0 Å². The highest BCUT2D eigenvalue weighted by molar-refractivity contribution is 6.73. The highest BCUT2D eigenvalue weighted by Crippen LogP contribution is 2.11. The lowest BCUT2D eigenvalue weighted by atomic mass is 9.80. The Bertz CT molecular complexity index is 808. The van der Waals surface area contributed by atoms with Gasteiger partial charge in [0, 0.05) is 0 Å². The average molecular weight is 343 g/mol. The summed E-state index contributed by atoms with van der Waals surface area (Å²) in [5.41, 5.74) is -2.53. The number of carbonyl (C=O) groups excluding carboxylic acids is 1. The Labute approximate surface area is 135 Å². The molecule has 0 radical (unpaired) electrons. The van der Waals surface area contributed by atoms with E-state index in [-0.39, 0.29) is 5.69 Å². The average Bonchev–Trinajstić information content (AvgIpc) is 2.77. The van der Waals surface area contributed by atoms with E-state index >= 15 is 0 Å². The summed E-state index contributed by atoms with van der Waals surface area (Å²) in [6.45, 7) is -0.707. The molecule has 0 saturated heterocycles. The van der Waals surface area contributed by atoms with E-state index in [1.165, 1.54) is 12.1 Å². The Hall–Kier alpha value is -2.59. The zero-order valence-corrected chi connectivity index (χ0v) is 13.2. The number of hydrogen-bond donors (Lipinski definition) is 0. The summed E-state index contributed by atoms with van der Waals surface area (Å²) in [6, 6.07) is 4.16. The molecular weight excluding hydrogens is 328 g/mol. The van der Waals surface area contributed by atoms with Crippen LogP contribution in [0.25, 0.3) is 5.69 Å². The molecule has 0 spiro atoms. The third-order valence-corrected chi connectivity index (χ3v) is 2.83. The molecule has 0 atom stereocenters. The SMILES string of the molecule is CC(C)(C)OC(=O)Cn1nnn(-c2cccc([B-](F)(F)F)c2)c1=O. The Morgan fingerprint density at radius 3 is 2.50 bits per heavy atom. The van der Waals surface area contributed by atoms with Crippen LogP contribution in [0.4, 0.5) is 12.9 Å². The summed E-state index contributed by atoms with van der Waals surface area (Å²) in [5.74, 6) is -0.705. The topological polar surface area (TPSA) is 79.0 Å². The van der Waals surface area contributed by atoms with Crippen molar-refractivity contribution in [1.29, 1.82) is 0 Å². The van der Waals surface area contributed by atoms with Crippen molar-refractivity contribution < 1.29 is 22.5 Å². The fourth-order valence-corrected chi connectivity index (χ4v) is 1.89. The van der Waals surface area contributed by atoms with E-state index in [1.54, 1.807) is 20.8 Å². The molecule has 0 saturated carbocycles. The predicted molar refractivity (Wildman–Crippen MR) is 80.2 cm³/mol. The van der Waals surface area contributed by atoms with Gasteiger partial charge < -0.3 is 17.7 Å². The first-order chi connectivity index (χ1) is 11.0. The predicted octanol–water partition coefficient (Wildman–Crippen LogP) is 0.825. The third-order valence-electron chi connectivity index (χ3n) is 2.83. The van der Waals surface area contributed by atoms with Crippen LogP contribution in [-0.2, 0) is 16.1 Å². The number of hydrogen-bond acceptors (Lipinski definition) is 5. The maximum atomic E-state index is 12.8. The fourth-order valence-electron chi connectivity index (χ4n) is 1.89. The second-order valence-corrected chi connectivity index (χ2v) is 6.09. The van der Waals surface area contributed by atoms with Gasteiger partial charge in [-0.25, -0.2) is 4.79 Å². The van der Waals surface area contributed by atoms with Crippen molar-refractivity contribution in [3.8, 4) is 5.69 Å². The molecule has 0 amide bonds. The first-order valence-corrected chi connectivity index (χ1v) is 7.02. The number of esters is 1. The molecule has 0 aliphatic carbocycles. The molecule has 1 aromatic carbocycles. The van der Waals surface area contributed by atoms with Crippen molar-refractivity contribution >= 4 is 18.4 Å². The zero-order valence-electron chi connectivity index (χ0n) is 13.2. The van der Waals surface area contributed by atoms with Crippen molar-refractivity contribution in [2.45, 2.75) is 32.9 Å². The van der Waals surface area contributed by atoms with Gasteiger partial charge in [-0.15, -0.1) is 5.46 Å². The van der Waals surface area contributed by atoms with E-state index in [0.717, 1.165) is 16.8 Å². The van der Waals surface area contributed by atoms with Crippen molar-refractivity contribution in [3.63, 3.8) is 0 Å². The van der Waals surface area contributed by atoms with Crippen LogP contribution in [0, 0.1) is 0 Å². The smallest absolute Gasteiger partial charge is 0.459 e. The third kappa shape index (κ3) is 4.24. The molecule has 0 fully saturated rings. The molecule has 0 aliphatic rings. The molecular formula is C13H15BF3N4O3-. The van der Waals surface area contributed by atoms with Crippen molar-refractivity contribution in [2.24, 2.45) is 0 Å². The standard InChI is InChI=1S/C13H15BF3N4O3/c1-13(2,3)24-11(22)8-20-12(23)21(19-18-20)10-6-4-5-9(7-10)14(15,16)17/h4-7H,8H2,1-3H3/q-1. The Morgan fingerprint density at radius 2 is 1.92 bits per heavy atom. The monoisotopic (exact) mass is 343 g/mol. The van der Waals surface area contributed by atoms with E-state index in [2.05, 4.69) is 10.4 Å². The number of nitrogens with zero attached hydrogens (tertiary/aromatic N) is 4. The Kier molecular flexibility index (Phi) is 4.54. The maximum absolute atomic E-state index is 12.8. The van der Waals surface area contributed by atoms with Crippen LogP contribution in [0.3, 0.4) is 0 Å². The summed E-state index contributed by atoms with van der Waals surface area (Å²) in [5, 5.41) is 7.00. The summed E-state index contributed by atoms with van der Waals surface area (Å²) in [7, 11) is 0. The van der Waals surface area contributed by atoms with Gasteiger partial charge in [-0.3, -0.25) is 4.79 Å². The molecule has 2 aromatic rings. The van der Waals surface area contributed by atoms with E-state index in [4.69, 9.17) is 4.74 Å². The van der Waals surface area contributed by atoms with Crippen LogP contribution in [0.5, 0.6) is 0 Å². The lowest BCUT2D eigenvalue weighted by Crippen LogP contribution is -2.35. The number of ether oxygens (including phenoxy) is 1. The van der Waals surface area contributed by atoms with E-state index in [1.807, 2.05) is 0 Å². The Balaban J connectivity index is 2.28. The maximum Gasteiger partial charge on any atom is 0.509 e. The van der Waals surface area contributed by atoms with Gasteiger partial charge in [0.2, 0.25) is 0 Å². The lowest BCUT2D eigenvalue weighted by molar-refractivity contribution is -0.155. The molecule has 1 aromatic heterocycles. The largest absolute Gasteiger partial charge is 0.509 e. The van der Waals surface area contributed by atoms with Crippen LogP contribution >= 0.6 is 0 Å². The molecule has 2 rings (SSSR count). The number of halogens is 3. The summed E-state index contributed by atoms with van der Waals surface area (Å²) in [6.07, 6.45) is 0. The minimum Gasteiger partial charge on any atom is -0.459 e. The fraction of sp³-hybridized carbons (Fsp3) is 0.385. The normalized spacial score (nSPS) is 12.2. The van der Waals surface area contributed by atoms with E-state index < -0.39 is 36.2 Å². The Morgan fingerprint density at radius 1 is 1.25 bits per heavy atom. The van der Waals surface area contributed by atoms with Gasteiger partial charge in [-0.2, -0.15) is 9.36 Å². The summed E-state index contributed by atoms with van der Waals surface area (Å²) in [4.78, 5) is 23.9. The molecule has 7 nitrogen and oxygen atoms in total. The van der Waals surface area contributed by atoms with Gasteiger partial charge in [-0.1, -0.05) is 18.2 Å². The number of carbonyl (C=O) groups is 1. The highest BCUT2D eigenvalue weighted by atomic mass is 19.4. The number of tetrazole rings is 1. The van der Waals surface area contributed by atoms with Gasteiger partial charge in [0.1, 0.15) is 12.1 Å². The number of aromatic nitrogens is 4. The summed E-state index contributed by atoms with van der Waals surface area (Å²) >= 11 is 0. The van der Waals surface area contributed by atoms with E-state index in [0.29, 0.717) is 4.68 Å². The number of rotatable bonds is 4. The lowest BCUT2D eigenvalue weighted by Gasteiger charge is -2.18. The first-order valence-electron chi connectivity index (χ1n) is 7.02. The second-order valence-electron chi connectivity index (χ2n) is 6.09. The minimum atomic E-state index is -5.20. The van der Waals surface area contributed by atoms with Crippen LogP contribution in [0.1, 0.15) is 20.8 Å². The van der Waals surface area contributed by atoms with Crippen molar-refractivity contribution in [1.82, 2.24) is 19.8 Å². The van der Waals surface area contributed by atoms with E-state index in [9.17, 15) is 22.5 Å². The minimum absolute atomic E-state index is 0.0906. The van der Waals surface area contributed by atoms with Crippen LogP contribution < -0.4 is 11.2 Å². The molecule has 0 bridgehead atoms. The summed E-state index contributed by atoms with van der Waals surface area (Å²) < 4.78 is 44.8. The molecule has 130 valence electrons. The molecule has 0 unspecified atom stereocenters. The van der Waals surface area contributed by atoms with Crippen LogP contribution in [0.15, 0.2) is 29.1 Å². The molecule has 0 aliphatic heterocycles. The molecule has 24 heavy (non-hydrogen) atoms. The van der Waals surface area contributed by atoms with Gasteiger partial charge in [-0.05, 0) is 37.3 Å². The van der Waals surface area contributed by atoms with Gasteiger partial charge in [0.15, 0.2) is 0 Å².